The number of fused-ring (bicyclic) bond motifs is 3. The number of likely N-dealkylation sites (N-methyl/N-ethyl adjacent to an activating group) is 1. The fraction of sp³-hybridized carbons (Fsp3) is 0.0508. The standard InChI is InChI=1S/C59H44N4/c1-62(48-25-17-22-45(38-48)46-36-37-53-52-29-14-16-31-57(52)63(58(53)39-46)47-23-9-4-10-24-47)56-30-15-13-28-51(56)50-27-12-11-26-49(50)41-32-34-43(35-33-41)55-40-54(42-18-5-2-6-19-42)60-59(61-55)44-20-7-3-8-21-44/h2-27,29-40,51H,28H2,1H3. The second-order valence-corrected chi connectivity index (χ2v) is 16.2. The third-order valence-electron chi connectivity index (χ3n) is 12.4. The first-order chi connectivity index (χ1) is 31.2. The molecule has 1 aliphatic carbocycles. The van der Waals surface area contributed by atoms with Crippen molar-refractivity contribution >= 4 is 27.5 Å². The summed E-state index contributed by atoms with van der Waals surface area (Å²) in [6.45, 7) is 0. The molecule has 0 saturated heterocycles. The molecule has 11 rings (SSSR count). The molecule has 0 spiro atoms. The first-order valence-corrected chi connectivity index (χ1v) is 21.7. The van der Waals surface area contributed by atoms with Crippen LogP contribution in [0.5, 0.6) is 0 Å². The van der Waals surface area contributed by atoms with E-state index in [0.29, 0.717) is 5.82 Å². The van der Waals surface area contributed by atoms with Gasteiger partial charge in [-0.3, -0.25) is 0 Å². The van der Waals surface area contributed by atoms with Crippen LogP contribution in [0.25, 0.3) is 83.6 Å². The van der Waals surface area contributed by atoms with Crippen LogP contribution in [-0.2, 0) is 0 Å². The van der Waals surface area contributed by atoms with E-state index in [2.05, 4.69) is 223 Å². The minimum Gasteiger partial charge on any atom is -0.348 e. The Bertz CT molecular complexity index is 3250. The molecule has 63 heavy (non-hydrogen) atoms. The van der Waals surface area contributed by atoms with E-state index in [4.69, 9.17) is 9.97 Å². The summed E-state index contributed by atoms with van der Waals surface area (Å²) in [6.07, 6.45) is 7.70. The van der Waals surface area contributed by atoms with Crippen molar-refractivity contribution in [2.75, 3.05) is 11.9 Å². The quantitative estimate of drug-likeness (QED) is 0.146. The van der Waals surface area contributed by atoms with E-state index in [0.717, 1.165) is 45.9 Å². The number of hydrogen-bond donors (Lipinski definition) is 0. The minimum atomic E-state index is 0.168. The summed E-state index contributed by atoms with van der Waals surface area (Å²) in [5, 5.41) is 2.52. The number of benzene rings is 8. The van der Waals surface area contributed by atoms with Gasteiger partial charge < -0.3 is 9.47 Å². The number of hydrogen-bond acceptors (Lipinski definition) is 3. The zero-order chi connectivity index (χ0) is 42.1. The van der Waals surface area contributed by atoms with Gasteiger partial charge in [-0.2, -0.15) is 0 Å². The molecule has 4 nitrogen and oxygen atoms in total. The van der Waals surface area contributed by atoms with Gasteiger partial charge in [0.1, 0.15) is 0 Å². The first-order valence-electron chi connectivity index (χ1n) is 21.7. The van der Waals surface area contributed by atoms with E-state index >= 15 is 0 Å². The van der Waals surface area contributed by atoms with Crippen LogP contribution in [0.4, 0.5) is 5.69 Å². The summed E-state index contributed by atoms with van der Waals surface area (Å²) < 4.78 is 2.39. The van der Waals surface area contributed by atoms with Gasteiger partial charge in [-0.1, -0.05) is 182 Å². The molecule has 10 aromatic rings. The molecule has 300 valence electrons. The summed E-state index contributed by atoms with van der Waals surface area (Å²) in [7, 11) is 2.21. The van der Waals surface area contributed by atoms with Crippen molar-refractivity contribution in [1.29, 1.82) is 0 Å². The topological polar surface area (TPSA) is 34.0 Å². The first kappa shape index (κ1) is 37.9. The minimum absolute atomic E-state index is 0.168. The van der Waals surface area contributed by atoms with Crippen LogP contribution in [0, 0.1) is 0 Å². The summed E-state index contributed by atoms with van der Waals surface area (Å²) in [4.78, 5) is 12.5. The smallest absolute Gasteiger partial charge is 0.160 e. The predicted molar refractivity (Wildman–Crippen MR) is 263 cm³/mol. The summed E-state index contributed by atoms with van der Waals surface area (Å²) in [5.41, 5.74) is 17.0. The Morgan fingerprint density at radius 2 is 1.06 bits per heavy atom. The van der Waals surface area contributed by atoms with Gasteiger partial charge in [0.05, 0.1) is 22.4 Å². The Labute approximate surface area is 368 Å². The molecule has 0 N–H and O–H groups in total. The van der Waals surface area contributed by atoms with E-state index in [9.17, 15) is 0 Å². The highest BCUT2D eigenvalue weighted by Crippen LogP contribution is 2.42. The zero-order valence-electron chi connectivity index (χ0n) is 35.0. The van der Waals surface area contributed by atoms with Crippen LogP contribution in [0.1, 0.15) is 17.9 Å². The highest BCUT2D eigenvalue weighted by atomic mass is 15.1. The Morgan fingerprint density at radius 1 is 0.476 bits per heavy atom. The third kappa shape index (κ3) is 7.22. The highest BCUT2D eigenvalue weighted by molar-refractivity contribution is 6.10. The van der Waals surface area contributed by atoms with Gasteiger partial charge in [-0.15, -0.1) is 0 Å². The van der Waals surface area contributed by atoms with Gasteiger partial charge in [-0.25, -0.2) is 9.97 Å². The molecule has 0 amide bonds. The lowest BCUT2D eigenvalue weighted by Crippen LogP contribution is -2.23. The van der Waals surface area contributed by atoms with Crippen LogP contribution in [-0.4, -0.2) is 21.6 Å². The molecule has 0 saturated carbocycles. The van der Waals surface area contributed by atoms with E-state index in [1.807, 2.05) is 24.3 Å². The van der Waals surface area contributed by atoms with Gasteiger partial charge in [0, 0.05) is 57.5 Å². The average molecular weight is 809 g/mol. The van der Waals surface area contributed by atoms with Crippen molar-refractivity contribution in [2.45, 2.75) is 12.3 Å². The molecule has 0 fully saturated rings. The third-order valence-corrected chi connectivity index (χ3v) is 12.4. The molecule has 2 heterocycles. The Morgan fingerprint density at radius 3 is 1.84 bits per heavy atom. The SMILES string of the molecule is CN(C1=CC=CCC1c1ccccc1-c1ccc(-c2cc(-c3ccccc3)nc(-c3ccccc3)n2)cc1)c1cccc(-c2ccc3c4ccccc4n(-c4ccccc4)c3c2)c1. The molecule has 2 aromatic heterocycles. The maximum atomic E-state index is 5.08. The fourth-order valence-electron chi connectivity index (χ4n) is 9.25. The number of para-hydroxylation sites is 2. The number of aromatic nitrogens is 3. The molecule has 1 atom stereocenters. The number of allylic oxidation sites excluding steroid dienone is 4. The van der Waals surface area contributed by atoms with Gasteiger partial charge in [-0.05, 0) is 82.8 Å². The average Bonchev–Trinajstić information content (AvgIpc) is 3.70. The van der Waals surface area contributed by atoms with E-state index in [1.54, 1.807) is 0 Å². The summed E-state index contributed by atoms with van der Waals surface area (Å²) in [5.74, 6) is 0.884. The second-order valence-electron chi connectivity index (χ2n) is 16.2. The van der Waals surface area contributed by atoms with Gasteiger partial charge in [0.2, 0.25) is 0 Å². The number of rotatable bonds is 9. The molecule has 1 unspecified atom stereocenters. The molecule has 8 aromatic carbocycles. The number of anilines is 1. The molecule has 0 radical (unpaired) electrons. The molecule has 0 aliphatic heterocycles. The van der Waals surface area contributed by atoms with Crippen molar-refractivity contribution in [2.24, 2.45) is 0 Å². The Hall–Kier alpha value is -8.08. The van der Waals surface area contributed by atoms with Crippen LogP contribution in [0.2, 0.25) is 0 Å². The second kappa shape index (κ2) is 16.4. The van der Waals surface area contributed by atoms with E-state index in [1.165, 1.54) is 55.3 Å². The Balaban J connectivity index is 0.910. The van der Waals surface area contributed by atoms with Crippen molar-refractivity contribution in [3.8, 4) is 61.8 Å². The maximum absolute atomic E-state index is 5.08. The van der Waals surface area contributed by atoms with Gasteiger partial charge >= 0.3 is 0 Å². The normalized spacial score (nSPS) is 13.6. The largest absolute Gasteiger partial charge is 0.348 e. The van der Waals surface area contributed by atoms with Crippen molar-refractivity contribution in [3.63, 3.8) is 0 Å². The monoisotopic (exact) mass is 808 g/mol. The van der Waals surface area contributed by atoms with Crippen molar-refractivity contribution < 1.29 is 0 Å². The maximum Gasteiger partial charge on any atom is 0.160 e. The lowest BCUT2D eigenvalue weighted by Gasteiger charge is -2.32. The van der Waals surface area contributed by atoms with Gasteiger partial charge in [0.15, 0.2) is 5.82 Å². The molecule has 4 heteroatoms. The van der Waals surface area contributed by atoms with E-state index < -0.39 is 0 Å². The molecule has 0 bridgehead atoms. The lowest BCUT2D eigenvalue weighted by molar-refractivity contribution is 0.764. The van der Waals surface area contributed by atoms with Gasteiger partial charge in [0.25, 0.3) is 0 Å². The lowest BCUT2D eigenvalue weighted by atomic mass is 9.83. The highest BCUT2D eigenvalue weighted by Gasteiger charge is 2.25. The number of nitrogens with zero attached hydrogens (tertiary/aromatic N) is 4. The van der Waals surface area contributed by atoms with E-state index in [-0.39, 0.29) is 5.92 Å². The summed E-state index contributed by atoms with van der Waals surface area (Å²) in [6, 6.07) is 75.7. The Kier molecular flexibility index (Phi) is 9.87. The fourth-order valence-corrected chi connectivity index (χ4v) is 9.25. The van der Waals surface area contributed by atoms with Crippen molar-refractivity contribution in [1.82, 2.24) is 14.5 Å². The summed E-state index contributed by atoms with van der Waals surface area (Å²) >= 11 is 0. The van der Waals surface area contributed by atoms with Crippen LogP contribution in [0.3, 0.4) is 0 Å². The van der Waals surface area contributed by atoms with Crippen LogP contribution in [0.15, 0.2) is 236 Å². The van der Waals surface area contributed by atoms with Crippen LogP contribution < -0.4 is 4.90 Å². The zero-order valence-corrected chi connectivity index (χ0v) is 35.0. The molecule has 1 aliphatic rings. The van der Waals surface area contributed by atoms with Crippen LogP contribution >= 0.6 is 0 Å². The molecular weight excluding hydrogens is 765 g/mol. The van der Waals surface area contributed by atoms with Crippen molar-refractivity contribution in [3.05, 3.63) is 242 Å². The molecular formula is C59H44N4. The predicted octanol–water partition coefficient (Wildman–Crippen LogP) is 15.0.